The fraction of sp³-hybridized carbons (Fsp3) is 0.421. The van der Waals surface area contributed by atoms with Gasteiger partial charge in [-0.2, -0.15) is 0 Å². The van der Waals surface area contributed by atoms with Crippen LogP contribution in [-0.4, -0.2) is 18.3 Å². The number of benzene rings is 1. The van der Waals surface area contributed by atoms with Crippen LogP contribution in [0.25, 0.3) is 11.3 Å². The second-order valence-electron chi connectivity index (χ2n) is 7.39. The van der Waals surface area contributed by atoms with Crippen LogP contribution in [0, 0.1) is 12.8 Å². The molecule has 0 aliphatic carbocycles. The zero-order valence-corrected chi connectivity index (χ0v) is 16.3. The molecule has 2 rings (SSSR count). The molecule has 112 valence electrons. The van der Waals surface area contributed by atoms with Crippen molar-refractivity contribution in [1.29, 1.82) is 0 Å². The second-order valence-corrected chi connectivity index (χ2v) is 18.0. The fourth-order valence-corrected chi connectivity index (χ4v) is 6.12. The Balaban J connectivity index is 2.54. The van der Waals surface area contributed by atoms with Crippen molar-refractivity contribution in [3.05, 3.63) is 47.7 Å². The van der Waals surface area contributed by atoms with Gasteiger partial charge in [-0.15, -0.1) is 0 Å². The first-order valence-electron chi connectivity index (χ1n) is 7.84. The maximum absolute atomic E-state index is 4.79. The Morgan fingerprint density at radius 3 is 2.33 bits per heavy atom. The quantitative estimate of drug-likeness (QED) is 0.728. The molecule has 1 heterocycles. The van der Waals surface area contributed by atoms with E-state index in [1.807, 2.05) is 0 Å². The van der Waals surface area contributed by atoms with Crippen molar-refractivity contribution in [2.24, 2.45) is 5.92 Å². The molecule has 0 aliphatic rings. The van der Waals surface area contributed by atoms with E-state index in [9.17, 15) is 0 Å². The van der Waals surface area contributed by atoms with Crippen molar-refractivity contribution >= 4 is 17.7 Å². The monoisotopic (exact) mass is 343 g/mol. The second kappa shape index (κ2) is 6.35. The molecule has 0 atom stereocenters. The van der Waals surface area contributed by atoms with E-state index >= 15 is 0 Å². The molecule has 0 aliphatic heterocycles. The van der Waals surface area contributed by atoms with Crippen molar-refractivity contribution in [2.45, 2.75) is 44.5 Å². The summed E-state index contributed by atoms with van der Waals surface area (Å²) in [7, 11) is 0. The number of rotatable bonds is 4. The molecule has 2 aromatic rings. The molecule has 0 bridgehead atoms. The van der Waals surface area contributed by atoms with Crippen LogP contribution in [0.1, 0.15) is 25.0 Å². The van der Waals surface area contributed by atoms with E-state index in [0.717, 1.165) is 12.1 Å². The van der Waals surface area contributed by atoms with Gasteiger partial charge in [0.2, 0.25) is 0 Å². The van der Waals surface area contributed by atoms with E-state index in [1.54, 1.807) is 4.40 Å². The summed E-state index contributed by atoms with van der Waals surface area (Å²) in [6, 6.07) is 10.9. The molecule has 0 saturated heterocycles. The Labute approximate surface area is 132 Å². The number of hydrogen-bond acceptors (Lipinski definition) is 1. The normalized spacial score (nSPS) is 12.0. The Bertz CT molecular complexity index is 624. The van der Waals surface area contributed by atoms with E-state index < -0.39 is 13.3 Å². The van der Waals surface area contributed by atoms with Crippen molar-refractivity contribution in [2.75, 3.05) is 0 Å². The summed E-state index contributed by atoms with van der Waals surface area (Å²) in [6.07, 6.45) is 3.32. The molecule has 1 nitrogen and oxygen atoms in total. The predicted octanol–water partition coefficient (Wildman–Crippen LogP) is 4.80. The Kier molecular flexibility index (Phi) is 4.93. The van der Waals surface area contributed by atoms with Gasteiger partial charge in [-0.3, -0.25) is 0 Å². The summed E-state index contributed by atoms with van der Waals surface area (Å²) in [4.78, 5) is 4.79. The molecule has 0 radical (unpaired) electrons. The topological polar surface area (TPSA) is 12.9 Å². The number of pyridine rings is 1. The molecule has 0 fully saturated rings. The minimum absolute atomic E-state index is 0.681. The molecule has 0 spiro atoms. The van der Waals surface area contributed by atoms with Gasteiger partial charge in [-0.05, 0) is 0 Å². The number of aromatic nitrogens is 1. The summed E-state index contributed by atoms with van der Waals surface area (Å²) in [6.45, 7) is 6.76. The number of nitrogens with zero attached hydrogens (tertiary/aromatic N) is 1. The van der Waals surface area contributed by atoms with E-state index in [4.69, 9.17) is 4.98 Å². The van der Waals surface area contributed by atoms with Gasteiger partial charge >= 0.3 is 132 Å². The van der Waals surface area contributed by atoms with Crippen molar-refractivity contribution in [1.82, 2.24) is 4.98 Å². The van der Waals surface area contributed by atoms with Gasteiger partial charge in [0, 0.05) is 0 Å². The van der Waals surface area contributed by atoms with E-state index in [0.29, 0.717) is 5.92 Å². The van der Waals surface area contributed by atoms with Crippen LogP contribution in [0.15, 0.2) is 36.5 Å². The van der Waals surface area contributed by atoms with Gasteiger partial charge in [0.05, 0.1) is 0 Å². The summed E-state index contributed by atoms with van der Waals surface area (Å²) >= 11 is -1.86. The molecule has 1 aromatic carbocycles. The van der Waals surface area contributed by atoms with Crippen LogP contribution in [0.5, 0.6) is 0 Å². The maximum atomic E-state index is 4.79. The van der Waals surface area contributed by atoms with Gasteiger partial charge in [0.1, 0.15) is 0 Å². The Morgan fingerprint density at radius 2 is 1.76 bits per heavy atom. The van der Waals surface area contributed by atoms with Gasteiger partial charge < -0.3 is 0 Å². The molecule has 0 saturated carbocycles. The number of aryl methyl sites for hydroxylation is 1. The third-order valence-electron chi connectivity index (χ3n) is 3.85. The number of hydrogen-bond donors (Lipinski definition) is 0. The zero-order chi connectivity index (χ0) is 15.6. The van der Waals surface area contributed by atoms with Crippen LogP contribution in [0.3, 0.4) is 0 Å². The van der Waals surface area contributed by atoms with Gasteiger partial charge in [0.25, 0.3) is 0 Å². The molecule has 1 aromatic heterocycles. The summed E-state index contributed by atoms with van der Waals surface area (Å²) in [5.74, 6) is 8.04. The molecule has 0 amide bonds. The first kappa shape index (κ1) is 16.3. The molecule has 0 unspecified atom stereocenters. The van der Waals surface area contributed by atoms with Crippen LogP contribution in [-0.2, 0) is 6.42 Å². The van der Waals surface area contributed by atoms with Crippen molar-refractivity contribution in [3.8, 4) is 11.3 Å². The molecule has 0 N–H and O–H groups in total. The van der Waals surface area contributed by atoms with Crippen molar-refractivity contribution < 1.29 is 0 Å². The zero-order valence-electron chi connectivity index (χ0n) is 14.2. The average Bonchev–Trinajstić information content (AvgIpc) is 2.37. The minimum atomic E-state index is -1.86. The SMILES string of the molecule is Cc1ccccc1-c1cc(CC(C)C)[c]([Ge]([CH3])([CH3])[CH3])cn1. The molecular weight excluding hydrogens is 315 g/mol. The third kappa shape index (κ3) is 3.97. The first-order chi connectivity index (χ1) is 9.79. The van der Waals surface area contributed by atoms with Gasteiger partial charge in [-0.1, -0.05) is 0 Å². The van der Waals surface area contributed by atoms with E-state index in [-0.39, 0.29) is 0 Å². The molecule has 21 heavy (non-hydrogen) atoms. The van der Waals surface area contributed by atoms with E-state index in [2.05, 4.69) is 74.6 Å². The van der Waals surface area contributed by atoms with Crippen LogP contribution >= 0.6 is 0 Å². The summed E-state index contributed by atoms with van der Waals surface area (Å²) in [5.41, 5.74) is 5.20. The first-order valence-corrected chi connectivity index (χ1v) is 15.2. The Hall–Kier alpha value is -1.09. The van der Waals surface area contributed by atoms with Crippen molar-refractivity contribution in [3.63, 3.8) is 0 Å². The fourth-order valence-electron chi connectivity index (χ4n) is 2.79. The van der Waals surface area contributed by atoms with Gasteiger partial charge in [0.15, 0.2) is 0 Å². The van der Waals surface area contributed by atoms with Crippen LogP contribution in [0.4, 0.5) is 0 Å². The van der Waals surface area contributed by atoms with Crippen LogP contribution < -0.4 is 4.40 Å². The van der Waals surface area contributed by atoms with Gasteiger partial charge in [-0.25, -0.2) is 0 Å². The Morgan fingerprint density at radius 1 is 1.10 bits per heavy atom. The summed E-state index contributed by atoms with van der Waals surface area (Å²) in [5, 5.41) is 0. The molecule has 2 heteroatoms. The summed E-state index contributed by atoms with van der Waals surface area (Å²) < 4.78 is 1.56. The van der Waals surface area contributed by atoms with Crippen LogP contribution in [0.2, 0.25) is 17.3 Å². The van der Waals surface area contributed by atoms with E-state index in [1.165, 1.54) is 16.7 Å². The molecular formula is C19H27GeN. The predicted molar refractivity (Wildman–Crippen MR) is 95.9 cm³/mol. The average molecular weight is 342 g/mol. The third-order valence-corrected chi connectivity index (χ3v) is 8.18. The standard InChI is InChI=1S/C19H27GeN/c1-14(2)11-16-12-19(17-10-8-7-9-15(17)3)21-13-18(16)20(4,5)6/h7-10,12-14H,11H2,1-6H3.